The lowest BCUT2D eigenvalue weighted by Gasteiger charge is -2.47. The lowest BCUT2D eigenvalue weighted by molar-refractivity contribution is 0.0572. The number of benzene rings is 1. The van der Waals surface area contributed by atoms with Crippen molar-refractivity contribution in [1.29, 1.82) is 0 Å². The molecule has 0 radical (unpaired) electrons. The van der Waals surface area contributed by atoms with Gasteiger partial charge in [-0.05, 0) is 49.8 Å². The Hall–Kier alpha value is -1.88. The van der Waals surface area contributed by atoms with Crippen LogP contribution in [0.2, 0.25) is 0 Å². The number of nitrogens with two attached hydrogens (primary N) is 1. The summed E-state index contributed by atoms with van der Waals surface area (Å²) in [5.41, 5.74) is 7.51. The summed E-state index contributed by atoms with van der Waals surface area (Å²) >= 11 is 0. The van der Waals surface area contributed by atoms with E-state index in [-0.39, 0.29) is 6.04 Å². The number of amides is 1. The third kappa shape index (κ3) is 2.03. The normalized spacial score (nSPS) is 24.1. The van der Waals surface area contributed by atoms with Gasteiger partial charge in [0.15, 0.2) is 5.58 Å². The highest BCUT2D eigenvalue weighted by Crippen LogP contribution is 2.51. The second-order valence-corrected chi connectivity index (χ2v) is 6.38. The number of carbonyl (C=O) groups excluding carboxylic acids is 1. The van der Waals surface area contributed by atoms with E-state index in [2.05, 4.69) is 10.3 Å². The molecule has 21 heavy (non-hydrogen) atoms. The Kier molecular flexibility index (Phi) is 2.79. The molecule has 1 aromatic carbocycles. The van der Waals surface area contributed by atoms with Crippen molar-refractivity contribution in [2.75, 3.05) is 6.54 Å². The Morgan fingerprint density at radius 3 is 2.95 bits per heavy atom. The molecule has 5 nitrogen and oxygen atoms in total. The molecule has 1 unspecified atom stereocenters. The Morgan fingerprint density at radius 1 is 1.38 bits per heavy atom. The number of piperidine rings is 1. The molecule has 4 rings (SSSR count). The molecular weight excluding hydrogens is 266 g/mol. The van der Waals surface area contributed by atoms with Crippen LogP contribution in [0.4, 0.5) is 0 Å². The van der Waals surface area contributed by atoms with Crippen molar-refractivity contribution in [2.24, 2.45) is 11.1 Å². The largest absolute Gasteiger partial charge is 0.438 e. The van der Waals surface area contributed by atoms with Gasteiger partial charge in [-0.15, -0.1) is 0 Å². The Morgan fingerprint density at radius 2 is 2.24 bits per heavy atom. The van der Waals surface area contributed by atoms with Crippen LogP contribution in [0.3, 0.4) is 0 Å². The van der Waals surface area contributed by atoms with Crippen molar-refractivity contribution in [1.82, 2.24) is 10.3 Å². The first-order valence-corrected chi connectivity index (χ1v) is 7.60. The number of rotatable bonds is 2. The Labute approximate surface area is 122 Å². The van der Waals surface area contributed by atoms with Crippen LogP contribution < -0.4 is 11.1 Å². The summed E-state index contributed by atoms with van der Waals surface area (Å²) in [6.07, 6.45) is 6.30. The fourth-order valence-electron chi connectivity index (χ4n) is 3.73. The van der Waals surface area contributed by atoms with Gasteiger partial charge in [0.05, 0.1) is 11.6 Å². The van der Waals surface area contributed by atoms with Gasteiger partial charge in [0.2, 0.25) is 5.89 Å². The van der Waals surface area contributed by atoms with Crippen molar-refractivity contribution in [3.63, 3.8) is 0 Å². The predicted octanol–water partition coefficient (Wildman–Crippen LogP) is 2.52. The number of oxazole rings is 1. The van der Waals surface area contributed by atoms with E-state index < -0.39 is 5.91 Å². The number of hydrogen-bond donors (Lipinski definition) is 2. The standard InChI is InChI=1S/C16H19N3O2/c17-14(20)10-3-1-4-11-13(10)21-15(19-11)12-9-16(5-2-6-16)7-8-18-12/h1,3-4,12,18H,2,5-9H2,(H2,17,20). The van der Waals surface area contributed by atoms with Crippen molar-refractivity contribution in [3.05, 3.63) is 29.7 Å². The van der Waals surface area contributed by atoms with Crippen molar-refractivity contribution < 1.29 is 9.21 Å². The van der Waals surface area contributed by atoms with Crippen molar-refractivity contribution >= 4 is 17.0 Å². The third-order valence-corrected chi connectivity index (χ3v) is 5.09. The van der Waals surface area contributed by atoms with E-state index in [0.29, 0.717) is 28.0 Å². The average Bonchev–Trinajstić information content (AvgIpc) is 2.89. The minimum Gasteiger partial charge on any atom is -0.438 e. The molecule has 1 saturated carbocycles. The summed E-state index contributed by atoms with van der Waals surface area (Å²) in [4.78, 5) is 16.0. The quantitative estimate of drug-likeness (QED) is 0.888. The van der Waals surface area contributed by atoms with Gasteiger partial charge in [0.1, 0.15) is 5.52 Å². The highest BCUT2D eigenvalue weighted by Gasteiger charge is 2.42. The van der Waals surface area contributed by atoms with E-state index in [1.807, 2.05) is 6.07 Å². The fraction of sp³-hybridized carbons (Fsp3) is 0.500. The monoisotopic (exact) mass is 285 g/mol. The van der Waals surface area contributed by atoms with Gasteiger partial charge < -0.3 is 15.5 Å². The second kappa shape index (κ2) is 4.56. The first kappa shape index (κ1) is 12.8. The first-order valence-electron chi connectivity index (χ1n) is 7.60. The minimum absolute atomic E-state index is 0.146. The van der Waals surface area contributed by atoms with E-state index in [9.17, 15) is 4.79 Å². The Bertz CT molecular complexity index is 703. The molecule has 0 bridgehead atoms. The number of primary amides is 1. The first-order chi connectivity index (χ1) is 10.2. The van der Waals surface area contributed by atoms with Gasteiger partial charge in [0, 0.05) is 0 Å². The molecule has 1 amide bonds. The molecular formula is C16H19N3O2. The SMILES string of the molecule is NC(=O)c1cccc2nc(C3CC4(CCC4)CCN3)oc12. The molecule has 1 aliphatic carbocycles. The summed E-state index contributed by atoms with van der Waals surface area (Å²) in [5, 5.41) is 3.50. The number of hydrogen-bond acceptors (Lipinski definition) is 4. The molecule has 2 heterocycles. The summed E-state index contributed by atoms with van der Waals surface area (Å²) in [6, 6.07) is 5.47. The lowest BCUT2D eigenvalue weighted by Crippen LogP contribution is -2.43. The van der Waals surface area contributed by atoms with Crippen LogP contribution in [0.1, 0.15) is 54.4 Å². The van der Waals surface area contributed by atoms with Crippen LogP contribution in [-0.2, 0) is 0 Å². The zero-order valence-electron chi connectivity index (χ0n) is 11.9. The molecule has 1 aromatic heterocycles. The predicted molar refractivity (Wildman–Crippen MR) is 78.8 cm³/mol. The van der Waals surface area contributed by atoms with Gasteiger partial charge >= 0.3 is 0 Å². The lowest BCUT2D eigenvalue weighted by atomic mass is 9.62. The zero-order chi connectivity index (χ0) is 14.4. The number of aromatic nitrogens is 1. The maximum Gasteiger partial charge on any atom is 0.252 e. The highest BCUT2D eigenvalue weighted by atomic mass is 16.4. The van der Waals surface area contributed by atoms with E-state index >= 15 is 0 Å². The smallest absolute Gasteiger partial charge is 0.252 e. The van der Waals surface area contributed by atoms with Crippen LogP contribution in [0.5, 0.6) is 0 Å². The van der Waals surface area contributed by atoms with Crippen LogP contribution in [0.15, 0.2) is 22.6 Å². The maximum absolute atomic E-state index is 11.5. The molecule has 110 valence electrons. The summed E-state index contributed by atoms with van der Waals surface area (Å²) in [7, 11) is 0. The molecule has 1 atom stereocenters. The second-order valence-electron chi connectivity index (χ2n) is 6.38. The van der Waals surface area contributed by atoms with Crippen molar-refractivity contribution in [3.8, 4) is 0 Å². The van der Waals surface area contributed by atoms with Crippen LogP contribution in [0.25, 0.3) is 11.1 Å². The molecule has 2 fully saturated rings. The maximum atomic E-state index is 11.5. The number of fused-ring (bicyclic) bond motifs is 1. The molecule has 1 aliphatic heterocycles. The molecule has 5 heteroatoms. The van der Waals surface area contributed by atoms with E-state index in [0.717, 1.165) is 13.0 Å². The topological polar surface area (TPSA) is 81.2 Å². The molecule has 2 aromatic rings. The Balaban J connectivity index is 1.70. The molecule has 1 spiro atoms. The van der Waals surface area contributed by atoms with Gasteiger partial charge in [-0.1, -0.05) is 12.5 Å². The zero-order valence-corrected chi connectivity index (χ0v) is 11.9. The summed E-state index contributed by atoms with van der Waals surface area (Å²) < 4.78 is 5.89. The number of carbonyl (C=O) groups is 1. The summed E-state index contributed by atoms with van der Waals surface area (Å²) in [5.74, 6) is 0.208. The number of para-hydroxylation sites is 1. The van der Waals surface area contributed by atoms with Crippen LogP contribution in [0, 0.1) is 5.41 Å². The minimum atomic E-state index is -0.477. The number of nitrogens with zero attached hydrogens (tertiary/aromatic N) is 1. The van der Waals surface area contributed by atoms with Crippen molar-refractivity contribution in [2.45, 2.75) is 38.1 Å². The van der Waals surface area contributed by atoms with Gasteiger partial charge in [-0.2, -0.15) is 0 Å². The van der Waals surface area contributed by atoms with Crippen LogP contribution in [-0.4, -0.2) is 17.4 Å². The van der Waals surface area contributed by atoms with E-state index in [1.54, 1.807) is 12.1 Å². The summed E-state index contributed by atoms with van der Waals surface area (Å²) in [6.45, 7) is 1.01. The highest BCUT2D eigenvalue weighted by molar-refractivity contribution is 6.03. The fourth-order valence-corrected chi connectivity index (χ4v) is 3.73. The third-order valence-electron chi connectivity index (χ3n) is 5.09. The van der Waals surface area contributed by atoms with E-state index in [1.165, 1.54) is 25.7 Å². The van der Waals surface area contributed by atoms with Gasteiger partial charge in [0.25, 0.3) is 5.91 Å². The number of nitrogens with one attached hydrogen (secondary N) is 1. The van der Waals surface area contributed by atoms with Gasteiger partial charge in [-0.25, -0.2) is 4.98 Å². The molecule has 3 N–H and O–H groups in total. The van der Waals surface area contributed by atoms with E-state index in [4.69, 9.17) is 10.2 Å². The average molecular weight is 285 g/mol. The molecule has 1 saturated heterocycles. The molecule has 2 aliphatic rings. The van der Waals surface area contributed by atoms with Gasteiger partial charge in [-0.3, -0.25) is 4.79 Å². The van der Waals surface area contributed by atoms with Crippen LogP contribution >= 0.6 is 0 Å².